The average molecular weight is 454 g/mol. The van der Waals surface area contributed by atoms with Gasteiger partial charge in [0.1, 0.15) is 30.2 Å². The highest BCUT2D eigenvalue weighted by Gasteiger charge is 2.43. The molecule has 0 spiro atoms. The molecule has 170 valence electrons. The highest BCUT2D eigenvalue weighted by molar-refractivity contribution is 7.80. The maximum atomic E-state index is 11.0. The van der Waals surface area contributed by atoms with Crippen LogP contribution in [0.2, 0.25) is 0 Å². The first-order chi connectivity index (χ1) is 14.6. The summed E-state index contributed by atoms with van der Waals surface area (Å²) in [5.41, 5.74) is 2.48. The fourth-order valence-corrected chi connectivity index (χ4v) is 4.10. The van der Waals surface area contributed by atoms with Crippen molar-refractivity contribution in [3.05, 3.63) is 53.6 Å². The molecular formula is C21H26O9S. The van der Waals surface area contributed by atoms with Gasteiger partial charge in [0.15, 0.2) is 0 Å². The van der Waals surface area contributed by atoms with E-state index in [1.807, 2.05) is 30.3 Å². The van der Waals surface area contributed by atoms with Crippen molar-refractivity contribution >= 4 is 10.4 Å². The number of benzene rings is 2. The number of methoxy groups -OCH3 is 1. The molecule has 1 unspecified atom stereocenters. The maximum absolute atomic E-state index is 11.0. The third kappa shape index (κ3) is 5.24. The van der Waals surface area contributed by atoms with Crippen molar-refractivity contribution in [2.24, 2.45) is 0 Å². The summed E-state index contributed by atoms with van der Waals surface area (Å²) in [5.74, 6) is 0.409. The minimum absolute atomic E-state index is 0.00141. The molecule has 3 rings (SSSR count). The van der Waals surface area contributed by atoms with Gasteiger partial charge in [-0.05, 0) is 18.1 Å². The largest absolute Gasteiger partial charge is 0.496 e. The average Bonchev–Trinajstić information content (AvgIpc) is 2.74. The van der Waals surface area contributed by atoms with Crippen LogP contribution in [-0.4, -0.2) is 66.4 Å². The third-order valence-electron chi connectivity index (χ3n) is 5.33. The fraction of sp³-hybridized carbons (Fsp3) is 0.429. The molecule has 0 saturated carbocycles. The Morgan fingerprint density at radius 3 is 2.29 bits per heavy atom. The molecule has 1 heterocycles. The van der Waals surface area contributed by atoms with E-state index in [4.69, 9.17) is 14.0 Å². The van der Waals surface area contributed by atoms with E-state index in [0.717, 1.165) is 5.56 Å². The zero-order chi connectivity index (χ0) is 22.8. The molecule has 0 amide bonds. The van der Waals surface area contributed by atoms with Gasteiger partial charge in [-0.2, -0.15) is 8.42 Å². The Morgan fingerprint density at radius 2 is 1.68 bits per heavy atom. The van der Waals surface area contributed by atoms with Gasteiger partial charge < -0.3 is 24.8 Å². The van der Waals surface area contributed by atoms with Crippen molar-refractivity contribution in [3.63, 3.8) is 0 Å². The number of rotatable bonds is 7. The Bertz CT molecular complexity index is 993. The van der Waals surface area contributed by atoms with Gasteiger partial charge in [0.05, 0.1) is 19.8 Å². The first-order valence-electron chi connectivity index (χ1n) is 9.70. The number of hydrogen-bond donors (Lipinski definition) is 4. The number of hydrogen-bond acceptors (Lipinski definition) is 8. The Morgan fingerprint density at radius 1 is 1.00 bits per heavy atom. The van der Waals surface area contributed by atoms with E-state index >= 15 is 0 Å². The predicted molar refractivity (Wildman–Crippen MR) is 111 cm³/mol. The van der Waals surface area contributed by atoms with Gasteiger partial charge in [-0.25, -0.2) is 4.18 Å². The first-order valence-corrected chi connectivity index (χ1v) is 11.1. The molecule has 1 saturated heterocycles. The van der Waals surface area contributed by atoms with E-state index in [1.54, 1.807) is 19.1 Å². The van der Waals surface area contributed by atoms with Crippen LogP contribution < -0.4 is 4.74 Å². The summed E-state index contributed by atoms with van der Waals surface area (Å²) in [7, 11) is -3.19. The lowest BCUT2D eigenvalue weighted by molar-refractivity contribution is -0.219. The molecule has 1 aliphatic heterocycles. The minimum Gasteiger partial charge on any atom is -0.496 e. The standard InChI is InChI=1S/C21H26O9S/c1-12-17(22)18(23)19(24)21(30-12)15-9-8-14(13-6-4-3-5-7-13)20(28-2)16(15)10-11-29-31(25,26)27/h3-9,12,17-19,21-24H,10-11H2,1-2H3,(H,25,26,27)/t12-,17+,18+,19-,21?/m1/s1. The van der Waals surface area contributed by atoms with Crippen molar-refractivity contribution in [1.82, 2.24) is 0 Å². The molecule has 10 heteroatoms. The van der Waals surface area contributed by atoms with Crippen LogP contribution in [0.4, 0.5) is 0 Å². The minimum atomic E-state index is -4.64. The third-order valence-corrected chi connectivity index (χ3v) is 5.79. The first kappa shape index (κ1) is 23.6. The van der Waals surface area contributed by atoms with E-state index in [0.29, 0.717) is 22.4 Å². The number of ether oxygens (including phenoxy) is 2. The van der Waals surface area contributed by atoms with E-state index in [2.05, 4.69) is 4.18 Å². The lowest BCUT2D eigenvalue weighted by Gasteiger charge is -2.40. The molecule has 0 aromatic heterocycles. The molecule has 2 aromatic carbocycles. The summed E-state index contributed by atoms with van der Waals surface area (Å²) in [6.07, 6.45) is -5.89. The van der Waals surface area contributed by atoms with Crippen molar-refractivity contribution < 1.29 is 41.9 Å². The summed E-state index contributed by atoms with van der Waals surface area (Å²) >= 11 is 0. The van der Waals surface area contributed by atoms with Gasteiger partial charge in [-0.3, -0.25) is 4.55 Å². The predicted octanol–water partition coefficient (Wildman–Crippen LogP) is 1.27. The highest BCUT2D eigenvalue weighted by atomic mass is 32.3. The smallest absolute Gasteiger partial charge is 0.397 e. The molecule has 31 heavy (non-hydrogen) atoms. The van der Waals surface area contributed by atoms with E-state index in [-0.39, 0.29) is 13.0 Å². The van der Waals surface area contributed by atoms with Crippen LogP contribution in [0.1, 0.15) is 24.2 Å². The lowest BCUT2D eigenvalue weighted by Crippen LogP contribution is -2.53. The van der Waals surface area contributed by atoms with Gasteiger partial charge in [0.25, 0.3) is 0 Å². The molecule has 4 N–H and O–H groups in total. The molecule has 9 nitrogen and oxygen atoms in total. The summed E-state index contributed by atoms with van der Waals surface area (Å²) in [6, 6.07) is 12.8. The highest BCUT2D eigenvalue weighted by Crippen LogP contribution is 2.41. The zero-order valence-corrected chi connectivity index (χ0v) is 17.9. The molecule has 1 fully saturated rings. The summed E-state index contributed by atoms with van der Waals surface area (Å²) in [6.45, 7) is 1.19. The molecule has 5 atom stereocenters. The van der Waals surface area contributed by atoms with Gasteiger partial charge in [-0.15, -0.1) is 0 Å². The second-order valence-corrected chi connectivity index (χ2v) is 8.40. The Kier molecular flexibility index (Phi) is 7.32. The molecule has 0 bridgehead atoms. The van der Waals surface area contributed by atoms with Crippen LogP contribution in [0.3, 0.4) is 0 Å². The quantitative estimate of drug-likeness (QED) is 0.455. The lowest BCUT2D eigenvalue weighted by atomic mass is 9.86. The molecular weight excluding hydrogens is 428 g/mol. The second kappa shape index (κ2) is 9.61. The molecule has 0 radical (unpaired) electrons. The second-order valence-electron chi connectivity index (χ2n) is 7.31. The van der Waals surface area contributed by atoms with Gasteiger partial charge in [-0.1, -0.05) is 42.5 Å². The van der Waals surface area contributed by atoms with Crippen LogP contribution in [0, 0.1) is 0 Å². The van der Waals surface area contributed by atoms with Gasteiger partial charge >= 0.3 is 10.4 Å². The topological polar surface area (TPSA) is 143 Å². The van der Waals surface area contributed by atoms with Crippen molar-refractivity contribution in [2.75, 3.05) is 13.7 Å². The van der Waals surface area contributed by atoms with Crippen LogP contribution in [-0.2, 0) is 25.7 Å². The van der Waals surface area contributed by atoms with Gasteiger partial charge in [0.2, 0.25) is 0 Å². The summed E-state index contributed by atoms with van der Waals surface area (Å²) in [5, 5.41) is 30.8. The monoisotopic (exact) mass is 454 g/mol. The Balaban J connectivity index is 2.09. The van der Waals surface area contributed by atoms with E-state index < -0.39 is 40.9 Å². The van der Waals surface area contributed by atoms with Crippen LogP contribution >= 0.6 is 0 Å². The van der Waals surface area contributed by atoms with Crippen LogP contribution in [0.5, 0.6) is 5.75 Å². The van der Waals surface area contributed by atoms with Gasteiger partial charge in [0, 0.05) is 17.5 Å². The van der Waals surface area contributed by atoms with Crippen molar-refractivity contribution in [2.45, 2.75) is 43.9 Å². The molecule has 1 aliphatic rings. The fourth-order valence-electron chi connectivity index (χ4n) is 3.80. The number of aliphatic hydroxyl groups excluding tert-OH is 3. The van der Waals surface area contributed by atoms with Crippen LogP contribution in [0.25, 0.3) is 11.1 Å². The summed E-state index contributed by atoms with van der Waals surface area (Å²) < 4.78 is 46.8. The summed E-state index contributed by atoms with van der Waals surface area (Å²) in [4.78, 5) is 0. The Hall–Kier alpha value is -2.05. The number of aliphatic hydroxyl groups is 3. The van der Waals surface area contributed by atoms with Crippen LogP contribution in [0.15, 0.2) is 42.5 Å². The van der Waals surface area contributed by atoms with Crippen molar-refractivity contribution in [3.8, 4) is 16.9 Å². The Labute approximate surface area is 180 Å². The SMILES string of the molecule is COc1c(-c2ccccc2)ccc(C2O[C@H](C)[C@H](O)[C@H](O)[C@H]2O)c1CCOS(=O)(=O)O. The molecule has 2 aromatic rings. The maximum Gasteiger partial charge on any atom is 0.397 e. The zero-order valence-electron chi connectivity index (χ0n) is 17.1. The van der Waals surface area contributed by atoms with Crippen molar-refractivity contribution in [1.29, 1.82) is 0 Å². The molecule has 0 aliphatic carbocycles. The van der Waals surface area contributed by atoms with E-state index in [9.17, 15) is 23.7 Å². The van der Waals surface area contributed by atoms with E-state index in [1.165, 1.54) is 7.11 Å². The normalized spacial score (nSPS) is 26.6.